The number of halogens is 2. The van der Waals surface area contributed by atoms with Crippen LogP contribution in [0.15, 0.2) is 69.0 Å². The molecule has 2 aromatic rings. The molecule has 0 radical (unpaired) electrons. The number of benzene rings is 2. The van der Waals surface area contributed by atoms with Gasteiger partial charge in [0.05, 0.1) is 11.4 Å². The van der Waals surface area contributed by atoms with Crippen molar-refractivity contribution in [3.8, 4) is 0 Å². The summed E-state index contributed by atoms with van der Waals surface area (Å²) in [6.45, 7) is 3.97. The minimum atomic E-state index is -4.00. The van der Waals surface area contributed by atoms with Crippen LogP contribution in [0.2, 0.25) is 0 Å². The Hall–Kier alpha value is -1.41. The third-order valence-corrected chi connectivity index (χ3v) is 7.19. The number of hydrogen-bond donors (Lipinski definition) is 0. The second kappa shape index (κ2) is 11.0. The summed E-state index contributed by atoms with van der Waals surface area (Å²) in [5, 5.41) is 0. The molecule has 0 fully saturated rings. The number of aryl methyl sites for hydroxylation is 1. The highest BCUT2D eigenvalue weighted by molar-refractivity contribution is 14.1. The first-order valence-electron chi connectivity index (χ1n) is 9.53. The van der Waals surface area contributed by atoms with Crippen molar-refractivity contribution in [2.75, 3.05) is 0 Å². The molecule has 0 aliphatic heterocycles. The molecule has 0 bridgehead atoms. The zero-order chi connectivity index (χ0) is 20.6. The van der Waals surface area contributed by atoms with Crippen LogP contribution >= 0.6 is 22.6 Å². The Bertz CT molecular complexity index is 881. The first kappa shape index (κ1) is 22.9. The molecule has 0 atom stereocenters. The fourth-order valence-corrected chi connectivity index (χ4v) is 5.00. The molecule has 0 heterocycles. The van der Waals surface area contributed by atoms with E-state index in [1.54, 1.807) is 24.3 Å². The van der Waals surface area contributed by atoms with Crippen molar-refractivity contribution in [2.24, 2.45) is 0 Å². The van der Waals surface area contributed by atoms with Crippen LogP contribution in [0.4, 0.5) is 4.39 Å². The Labute approximate surface area is 181 Å². The van der Waals surface area contributed by atoms with E-state index in [0.717, 1.165) is 41.1 Å². The molecule has 0 saturated carbocycles. The van der Waals surface area contributed by atoms with Gasteiger partial charge in [0.1, 0.15) is 0 Å². The average Bonchev–Trinajstić information content (AvgIpc) is 2.69. The van der Waals surface area contributed by atoms with Crippen LogP contribution in [0.3, 0.4) is 0 Å². The first-order chi connectivity index (χ1) is 13.4. The summed E-state index contributed by atoms with van der Waals surface area (Å²) >= 11 is 1.94. The second-order valence-corrected chi connectivity index (χ2v) is 9.98. The average molecular weight is 515 g/mol. The summed E-state index contributed by atoms with van der Waals surface area (Å²) < 4.78 is 43.1. The van der Waals surface area contributed by atoms with Crippen molar-refractivity contribution in [3.63, 3.8) is 0 Å². The maximum Gasteiger partial charge on any atom is 0.266 e. The maximum absolute atomic E-state index is 15.3. The summed E-state index contributed by atoms with van der Waals surface area (Å²) in [5.41, 5.74) is 1.69. The highest BCUT2D eigenvalue weighted by atomic mass is 127. The van der Waals surface area contributed by atoms with Crippen LogP contribution in [0.5, 0.6) is 0 Å². The lowest BCUT2D eigenvalue weighted by Gasteiger charge is -2.24. The van der Waals surface area contributed by atoms with E-state index >= 15 is 4.39 Å². The molecular weight excluding hydrogens is 488 g/mol. The molecule has 2 rings (SSSR count). The summed E-state index contributed by atoms with van der Waals surface area (Å²) in [6, 6.07) is 15.6. The Morgan fingerprint density at radius 2 is 1.64 bits per heavy atom. The zero-order valence-corrected chi connectivity index (χ0v) is 19.3. The molecule has 0 spiro atoms. The molecule has 0 aliphatic carbocycles. The number of hydrogen-bond acceptors (Lipinski definition) is 2. The Morgan fingerprint density at radius 3 is 2.25 bits per heavy atom. The predicted molar refractivity (Wildman–Crippen MR) is 121 cm³/mol. The summed E-state index contributed by atoms with van der Waals surface area (Å²) in [7, 11) is -4.00. The number of sulfonamides is 1. The molecule has 2 aromatic carbocycles. The standard InChI is InChI=1S/C22H27FINO2S/c1-3-4-5-9-12-21(24)22(23)25(17-19-10-7-6-8-11-19)28(26,27)20-15-13-18(2)14-16-20/h6-8,10-11,13-16H,3-5,9,12,17H2,1-2H3/b22-21-. The lowest BCUT2D eigenvalue weighted by molar-refractivity contribution is 0.375. The van der Waals surface area contributed by atoms with Gasteiger partial charge in [-0.15, -0.1) is 0 Å². The van der Waals surface area contributed by atoms with Crippen LogP contribution in [0.1, 0.15) is 50.2 Å². The van der Waals surface area contributed by atoms with Gasteiger partial charge in [-0.1, -0.05) is 74.2 Å². The highest BCUT2D eigenvalue weighted by Crippen LogP contribution is 2.30. The molecule has 3 nitrogen and oxygen atoms in total. The third-order valence-electron chi connectivity index (χ3n) is 4.47. The molecule has 0 aromatic heterocycles. The van der Waals surface area contributed by atoms with Crippen LogP contribution in [0, 0.1) is 6.92 Å². The van der Waals surface area contributed by atoms with Gasteiger partial charge in [-0.25, -0.2) is 12.7 Å². The van der Waals surface area contributed by atoms with Gasteiger partial charge in [0.15, 0.2) is 0 Å². The van der Waals surface area contributed by atoms with Crippen LogP contribution in [0.25, 0.3) is 0 Å². The van der Waals surface area contributed by atoms with Crippen molar-refractivity contribution in [1.82, 2.24) is 4.31 Å². The van der Waals surface area contributed by atoms with E-state index < -0.39 is 16.0 Å². The third kappa shape index (κ3) is 6.30. The highest BCUT2D eigenvalue weighted by Gasteiger charge is 2.28. The number of allylic oxidation sites excluding steroid dienone is 1. The lowest BCUT2D eigenvalue weighted by Crippen LogP contribution is -2.29. The van der Waals surface area contributed by atoms with Crippen LogP contribution in [-0.2, 0) is 16.6 Å². The Kier molecular flexibility index (Phi) is 8.95. The summed E-state index contributed by atoms with van der Waals surface area (Å²) in [5.74, 6) is -0.679. The van der Waals surface area contributed by atoms with Gasteiger partial charge in [0.25, 0.3) is 10.0 Å². The number of rotatable bonds is 10. The van der Waals surface area contributed by atoms with Gasteiger partial charge in [0, 0.05) is 3.58 Å². The van der Waals surface area contributed by atoms with Gasteiger partial charge < -0.3 is 0 Å². The normalized spacial score (nSPS) is 12.6. The van der Waals surface area contributed by atoms with Crippen molar-refractivity contribution in [1.29, 1.82) is 0 Å². The number of nitrogens with zero attached hydrogens (tertiary/aromatic N) is 1. The zero-order valence-electron chi connectivity index (χ0n) is 16.4. The molecule has 0 amide bonds. The van der Waals surface area contributed by atoms with E-state index in [1.165, 1.54) is 12.1 Å². The smallest absolute Gasteiger partial charge is 0.236 e. The molecule has 0 unspecified atom stereocenters. The van der Waals surface area contributed by atoms with Crippen LogP contribution < -0.4 is 0 Å². The number of unbranched alkanes of at least 4 members (excludes halogenated alkanes) is 3. The molecule has 152 valence electrons. The van der Waals surface area contributed by atoms with Gasteiger partial charge in [-0.2, -0.15) is 4.39 Å². The van der Waals surface area contributed by atoms with Gasteiger partial charge in [-0.05, 0) is 60.1 Å². The van der Waals surface area contributed by atoms with E-state index in [0.29, 0.717) is 10.0 Å². The lowest BCUT2D eigenvalue weighted by atomic mass is 10.1. The molecule has 0 N–H and O–H groups in total. The maximum atomic E-state index is 15.3. The van der Waals surface area contributed by atoms with Crippen molar-refractivity contribution < 1.29 is 12.8 Å². The largest absolute Gasteiger partial charge is 0.266 e. The first-order valence-corrected chi connectivity index (χ1v) is 12.1. The minimum Gasteiger partial charge on any atom is -0.236 e. The van der Waals surface area contributed by atoms with E-state index in [-0.39, 0.29) is 11.4 Å². The predicted octanol–water partition coefficient (Wildman–Crippen LogP) is 6.73. The van der Waals surface area contributed by atoms with Crippen molar-refractivity contribution in [2.45, 2.75) is 57.4 Å². The molecule has 0 aliphatic rings. The molecule has 0 saturated heterocycles. The molecule has 6 heteroatoms. The van der Waals surface area contributed by atoms with E-state index in [9.17, 15) is 8.42 Å². The van der Waals surface area contributed by atoms with Crippen LogP contribution in [-0.4, -0.2) is 12.7 Å². The molecular formula is C22H27FINO2S. The fourth-order valence-electron chi connectivity index (χ4n) is 2.79. The van der Waals surface area contributed by atoms with E-state index in [1.807, 2.05) is 47.7 Å². The van der Waals surface area contributed by atoms with E-state index in [4.69, 9.17) is 0 Å². The van der Waals surface area contributed by atoms with Gasteiger partial charge in [0.2, 0.25) is 5.95 Å². The van der Waals surface area contributed by atoms with Gasteiger partial charge in [-0.3, -0.25) is 0 Å². The second-order valence-electron chi connectivity index (χ2n) is 6.82. The Balaban J connectivity index is 2.37. The monoisotopic (exact) mass is 515 g/mol. The Morgan fingerprint density at radius 1 is 1.00 bits per heavy atom. The topological polar surface area (TPSA) is 37.4 Å². The van der Waals surface area contributed by atoms with Crippen molar-refractivity contribution >= 4 is 32.6 Å². The van der Waals surface area contributed by atoms with Gasteiger partial charge >= 0.3 is 0 Å². The minimum absolute atomic E-state index is 0.0374. The summed E-state index contributed by atoms with van der Waals surface area (Å²) in [6.07, 6.45) is 4.61. The van der Waals surface area contributed by atoms with E-state index in [2.05, 4.69) is 6.92 Å². The quantitative estimate of drug-likeness (QED) is 0.200. The fraction of sp³-hybridized carbons (Fsp3) is 0.364. The summed E-state index contributed by atoms with van der Waals surface area (Å²) in [4.78, 5) is 0.0966. The molecule has 28 heavy (non-hydrogen) atoms. The SMILES string of the molecule is CCCCCC/C(I)=C(\F)N(Cc1ccccc1)S(=O)(=O)c1ccc(C)cc1. The van der Waals surface area contributed by atoms with Crippen molar-refractivity contribution in [3.05, 3.63) is 75.3 Å².